The number of hydrogen-bond acceptors (Lipinski definition) is 0. The van der Waals surface area contributed by atoms with Crippen molar-refractivity contribution in [2.45, 2.75) is 0 Å². The summed E-state index contributed by atoms with van der Waals surface area (Å²) in [5.74, 6) is 0. The van der Waals surface area contributed by atoms with Gasteiger partial charge in [0.05, 0.1) is 16.9 Å². The third kappa shape index (κ3) is 8.08. The molecule has 1 heteroatoms. The first-order valence-corrected chi connectivity index (χ1v) is 29.5. The number of hydrogen-bond donors (Lipinski definition) is 0. The standard InChI is InChI=1S/C84H53N/c1-3-20-61-49-63(45-39-54(61)17-1)56-35-41-59(42-36-56)81-70-27-8-9-28-71(70)82(60-43-37-57(38-44-60)64-46-40-55-18-2-4-21-62(55)50-64)77-52-68(47-48-76(77)81)84-74-31-12-10-29-72(74)83(73-30-11-13-32-75(73)84)67-25-15-24-65(51-67)80-53-66-22-6-14-33-78(66)85(80)79-34-16-23-58-19-5-7-26-69(58)79/h1-53H. The molecule has 0 aliphatic rings. The van der Waals surface area contributed by atoms with Crippen LogP contribution in [0, 0.1) is 0 Å². The van der Waals surface area contributed by atoms with Crippen LogP contribution >= 0.6 is 0 Å². The molecule has 0 bridgehead atoms. The fraction of sp³-hybridized carbons (Fsp3) is 0. The lowest BCUT2D eigenvalue weighted by atomic mass is 9.82. The molecule has 17 aromatic rings. The third-order valence-corrected chi connectivity index (χ3v) is 17.9. The van der Waals surface area contributed by atoms with E-state index in [1.165, 1.54) is 159 Å². The molecule has 85 heavy (non-hydrogen) atoms. The minimum atomic E-state index is 1.16. The van der Waals surface area contributed by atoms with E-state index in [1.54, 1.807) is 0 Å². The molecule has 0 aliphatic carbocycles. The van der Waals surface area contributed by atoms with Gasteiger partial charge in [0, 0.05) is 10.8 Å². The van der Waals surface area contributed by atoms with E-state index in [0.29, 0.717) is 0 Å². The fourth-order valence-electron chi connectivity index (χ4n) is 14.0. The smallest absolute Gasteiger partial charge is 0.0541 e. The number of fused-ring (bicyclic) bond motifs is 8. The molecule has 394 valence electrons. The molecule has 0 amide bonds. The largest absolute Gasteiger partial charge is 0.309 e. The lowest BCUT2D eigenvalue weighted by Gasteiger charge is -2.21. The molecule has 0 radical (unpaired) electrons. The minimum Gasteiger partial charge on any atom is -0.309 e. The summed E-state index contributed by atoms with van der Waals surface area (Å²) >= 11 is 0. The van der Waals surface area contributed by atoms with Gasteiger partial charge in [-0.1, -0.05) is 279 Å². The summed E-state index contributed by atoms with van der Waals surface area (Å²) < 4.78 is 2.46. The van der Waals surface area contributed by atoms with Crippen LogP contribution in [-0.4, -0.2) is 4.57 Å². The first-order chi connectivity index (χ1) is 42.1. The van der Waals surface area contributed by atoms with Crippen molar-refractivity contribution < 1.29 is 0 Å². The predicted octanol–water partition coefficient (Wildman–Crippen LogP) is 23.4. The van der Waals surface area contributed by atoms with Gasteiger partial charge in [0.2, 0.25) is 0 Å². The molecule has 0 spiro atoms. The van der Waals surface area contributed by atoms with Crippen molar-refractivity contribution in [1.82, 2.24) is 4.57 Å². The van der Waals surface area contributed by atoms with Crippen molar-refractivity contribution in [3.8, 4) is 83.7 Å². The number of nitrogens with zero attached hydrogens (tertiary/aromatic N) is 1. The minimum absolute atomic E-state index is 1.16. The Balaban J connectivity index is 0.864. The zero-order valence-corrected chi connectivity index (χ0v) is 46.5. The second kappa shape index (κ2) is 19.8. The average molecular weight is 1080 g/mol. The third-order valence-electron chi connectivity index (χ3n) is 17.9. The van der Waals surface area contributed by atoms with Gasteiger partial charge in [-0.15, -0.1) is 0 Å². The molecule has 0 saturated carbocycles. The van der Waals surface area contributed by atoms with Crippen LogP contribution in [-0.2, 0) is 0 Å². The van der Waals surface area contributed by atoms with Gasteiger partial charge in [-0.25, -0.2) is 0 Å². The summed E-state index contributed by atoms with van der Waals surface area (Å²) in [6.07, 6.45) is 0. The highest BCUT2D eigenvalue weighted by atomic mass is 15.0. The van der Waals surface area contributed by atoms with E-state index in [-0.39, 0.29) is 0 Å². The van der Waals surface area contributed by atoms with Crippen LogP contribution in [0.5, 0.6) is 0 Å². The summed E-state index contributed by atoms with van der Waals surface area (Å²) in [5.41, 5.74) is 19.2. The van der Waals surface area contributed by atoms with Crippen molar-refractivity contribution >= 4 is 86.3 Å². The average Bonchev–Trinajstić information content (AvgIpc) is 4.23. The van der Waals surface area contributed by atoms with Crippen LogP contribution in [0.4, 0.5) is 0 Å². The molecule has 0 atom stereocenters. The monoisotopic (exact) mass is 1080 g/mol. The molecule has 0 saturated heterocycles. The van der Waals surface area contributed by atoms with Gasteiger partial charge in [0.15, 0.2) is 0 Å². The van der Waals surface area contributed by atoms with E-state index in [9.17, 15) is 0 Å². The van der Waals surface area contributed by atoms with Crippen molar-refractivity contribution in [2.24, 2.45) is 0 Å². The summed E-state index contributed by atoms with van der Waals surface area (Å²) in [4.78, 5) is 0. The van der Waals surface area contributed by atoms with E-state index in [0.717, 1.165) is 11.3 Å². The number of rotatable bonds is 8. The van der Waals surface area contributed by atoms with Gasteiger partial charge in [-0.05, 0) is 185 Å². The Morgan fingerprint density at radius 3 is 1.08 bits per heavy atom. The van der Waals surface area contributed by atoms with Gasteiger partial charge in [-0.3, -0.25) is 0 Å². The summed E-state index contributed by atoms with van der Waals surface area (Å²) in [5, 5.41) is 18.4. The maximum atomic E-state index is 2.50. The number of aromatic nitrogens is 1. The Labute approximate surface area is 493 Å². The molecule has 17 rings (SSSR count). The highest BCUT2D eigenvalue weighted by Crippen LogP contribution is 2.49. The molecule has 0 N–H and O–H groups in total. The van der Waals surface area contributed by atoms with E-state index in [1.807, 2.05) is 0 Å². The van der Waals surface area contributed by atoms with Gasteiger partial charge in [0.25, 0.3) is 0 Å². The highest BCUT2D eigenvalue weighted by molar-refractivity contribution is 6.25. The second-order valence-corrected chi connectivity index (χ2v) is 22.7. The van der Waals surface area contributed by atoms with Crippen LogP contribution in [0.2, 0.25) is 0 Å². The Bertz CT molecular complexity index is 5460. The molecule has 0 unspecified atom stereocenters. The van der Waals surface area contributed by atoms with Crippen LogP contribution < -0.4 is 0 Å². The van der Waals surface area contributed by atoms with Crippen molar-refractivity contribution in [3.05, 3.63) is 322 Å². The van der Waals surface area contributed by atoms with Gasteiger partial charge < -0.3 is 4.57 Å². The Morgan fingerprint density at radius 2 is 0.529 bits per heavy atom. The molecule has 16 aromatic carbocycles. The molecule has 0 fully saturated rings. The SMILES string of the molecule is c1cc(-c2c3ccccc3c(-c3ccc4c(-c5ccc(-c6ccc7ccccc7c6)cc5)c5ccccc5c(-c5ccc(-c6ccc7ccccc7c6)cc5)c4c3)c3ccccc23)cc(-c2cc3ccccc3n2-c2cccc3ccccc23)c1. The zero-order chi connectivity index (χ0) is 56.0. The number of benzene rings is 16. The lowest BCUT2D eigenvalue weighted by Crippen LogP contribution is -1.98. The Morgan fingerprint density at radius 1 is 0.165 bits per heavy atom. The van der Waals surface area contributed by atoms with Crippen LogP contribution in [0.15, 0.2) is 322 Å². The summed E-state index contributed by atoms with van der Waals surface area (Å²) in [6, 6.07) is 120. The normalized spacial score (nSPS) is 11.8. The first kappa shape index (κ1) is 48.6. The number of para-hydroxylation sites is 1. The zero-order valence-electron chi connectivity index (χ0n) is 46.5. The summed E-state index contributed by atoms with van der Waals surface area (Å²) in [7, 11) is 0. The molecule has 0 aliphatic heterocycles. The van der Waals surface area contributed by atoms with E-state index >= 15 is 0 Å². The van der Waals surface area contributed by atoms with E-state index in [4.69, 9.17) is 0 Å². The maximum absolute atomic E-state index is 2.50. The van der Waals surface area contributed by atoms with E-state index in [2.05, 4.69) is 326 Å². The van der Waals surface area contributed by atoms with Crippen LogP contribution in [0.1, 0.15) is 0 Å². The quantitative estimate of drug-likeness (QED) is 0.134. The first-order valence-electron chi connectivity index (χ1n) is 29.5. The molecular formula is C84H53N. The Hall–Kier alpha value is -11.1. The maximum Gasteiger partial charge on any atom is 0.0541 e. The molecule has 1 nitrogen and oxygen atoms in total. The van der Waals surface area contributed by atoms with Gasteiger partial charge >= 0.3 is 0 Å². The van der Waals surface area contributed by atoms with Crippen LogP contribution in [0.25, 0.3) is 170 Å². The van der Waals surface area contributed by atoms with E-state index < -0.39 is 0 Å². The highest BCUT2D eigenvalue weighted by Gasteiger charge is 2.23. The predicted molar refractivity (Wildman–Crippen MR) is 364 cm³/mol. The fourth-order valence-corrected chi connectivity index (χ4v) is 14.0. The molecule has 1 heterocycles. The molecule has 1 aromatic heterocycles. The second-order valence-electron chi connectivity index (χ2n) is 22.7. The van der Waals surface area contributed by atoms with Crippen LogP contribution in [0.3, 0.4) is 0 Å². The van der Waals surface area contributed by atoms with Gasteiger partial charge in [-0.2, -0.15) is 0 Å². The lowest BCUT2D eigenvalue weighted by molar-refractivity contribution is 1.15. The topological polar surface area (TPSA) is 4.93 Å². The van der Waals surface area contributed by atoms with Crippen molar-refractivity contribution in [2.75, 3.05) is 0 Å². The molecular weight excluding hydrogens is 1020 g/mol. The van der Waals surface area contributed by atoms with Crippen molar-refractivity contribution in [1.29, 1.82) is 0 Å². The summed E-state index contributed by atoms with van der Waals surface area (Å²) in [6.45, 7) is 0. The Kier molecular flexibility index (Phi) is 11.3. The van der Waals surface area contributed by atoms with Gasteiger partial charge in [0.1, 0.15) is 0 Å². The van der Waals surface area contributed by atoms with Crippen molar-refractivity contribution in [3.63, 3.8) is 0 Å².